The molecule has 7 nitrogen and oxygen atoms in total. The molecule has 23 heavy (non-hydrogen) atoms. The van der Waals surface area contributed by atoms with Gasteiger partial charge >= 0.3 is 88.7 Å². The van der Waals surface area contributed by atoms with Gasteiger partial charge in [-0.2, -0.15) is 14.8 Å². The van der Waals surface area contributed by atoms with Crippen molar-refractivity contribution >= 4 is 22.1 Å². The molecule has 1 atom stereocenters. The molecule has 0 aromatic heterocycles. The van der Waals surface area contributed by atoms with E-state index < -0.39 is 33.7 Å². The molecule has 0 aliphatic carbocycles. The second kappa shape index (κ2) is 21.9. The second-order valence-corrected chi connectivity index (χ2v) is 5.77. The Kier molecular flexibility index (Phi) is 34.1. The average Bonchev–Trinajstić information content (AvgIpc) is 2.31. The van der Waals surface area contributed by atoms with E-state index in [9.17, 15) is 28.2 Å². The van der Waals surface area contributed by atoms with Gasteiger partial charge in [0.25, 0.3) is 10.1 Å². The Bertz CT molecular complexity index is 382. The number of hydrogen-bond acceptors (Lipinski definition) is 6. The third kappa shape index (κ3) is 26.2. The molecule has 0 aliphatic rings. The number of carbonyl (C=O) groups excluding carboxylic acids is 2. The minimum atomic E-state index is -4.94. The van der Waals surface area contributed by atoms with E-state index in [1.54, 1.807) is 0 Å². The van der Waals surface area contributed by atoms with Crippen LogP contribution in [0.25, 0.3) is 0 Å². The molecule has 0 bridgehead atoms. The van der Waals surface area contributed by atoms with Crippen LogP contribution >= 0.6 is 0 Å². The molecule has 120 valence electrons. The van der Waals surface area contributed by atoms with E-state index in [1.807, 2.05) is 0 Å². The Labute approximate surface area is 205 Å². The maximum atomic E-state index is 10.2. The van der Waals surface area contributed by atoms with Gasteiger partial charge in [-0.15, -0.1) is 0 Å². The molecule has 0 radical (unpaired) electrons. The van der Waals surface area contributed by atoms with E-state index in [2.05, 4.69) is 13.8 Å². The minimum Gasteiger partial charge on any atom is -0.550 e. The molecule has 0 amide bonds. The van der Waals surface area contributed by atoms with Crippen LogP contribution in [0, 0.1) is 6.92 Å². The van der Waals surface area contributed by atoms with Gasteiger partial charge < -0.3 is 26.7 Å². The summed E-state index contributed by atoms with van der Waals surface area (Å²) in [5.74, 6) is -4.08. The van der Waals surface area contributed by atoms with Crippen molar-refractivity contribution in [2.45, 2.75) is 57.1 Å². The van der Waals surface area contributed by atoms with Crippen LogP contribution in [0.1, 0.15) is 51.9 Å². The summed E-state index contributed by atoms with van der Waals surface area (Å²) in [6, 6.07) is 0. The fraction of sp³-hybridized carbons (Fsp3) is 0.750. The number of aliphatic carboxylic acids is 2. The summed E-state index contributed by atoms with van der Waals surface area (Å²) in [6.07, 6.45) is 6.64. The maximum absolute atomic E-state index is 10.2. The van der Waals surface area contributed by atoms with Gasteiger partial charge in [-0.25, -0.2) is 0 Å². The predicted molar refractivity (Wildman–Crippen MR) is 68.7 cm³/mol. The smallest absolute Gasteiger partial charge is 0.550 e. The first-order chi connectivity index (χ1) is 9.16. The molecule has 0 saturated carbocycles. The molecule has 0 saturated heterocycles. The molecule has 0 aromatic carbocycles. The van der Waals surface area contributed by atoms with Crippen LogP contribution in [-0.4, -0.2) is 30.2 Å². The van der Waals surface area contributed by atoms with E-state index in [1.165, 1.54) is 32.1 Å². The predicted octanol–water partition coefficient (Wildman–Crippen LogP) is -9.67. The van der Waals surface area contributed by atoms with Crippen LogP contribution in [-0.2, 0) is 19.7 Å². The first-order valence-electron chi connectivity index (χ1n) is 6.33. The summed E-state index contributed by atoms with van der Waals surface area (Å²) in [6.45, 7) is 6.02. The molecule has 0 aromatic rings. The zero-order chi connectivity index (χ0) is 16.2. The quantitative estimate of drug-likeness (QED) is 0.182. The van der Waals surface area contributed by atoms with E-state index in [4.69, 9.17) is 4.55 Å². The van der Waals surface area contributed by atoms with E-state index in [-0.39, 0.29) is 88.7 Å². The molecule has 0 spiro atoms. The normalized spacial score (nSPS) is 10.6. The van der Waals surface area contributed by atoms with Crippen molar-refractivity contribution in [1.82, 2.24) is 0 Å². The number of carboxylic acid groups (broad SMARTS) is 2. The molecule has 1 N–H and O–H groups in total. The fourth-order valence-electron chi connectivity index (χ4n) is 1.24. The van der Waals surface area contributed by atoms with Crippen molar-refractivity contribution < 1.29 is 121 Å². The average molecular weight is 378 g/mol. The van der Waals surface area contributed by atoms with Gasteiger partial charge in [0.1, 0.15) is 5.25 Å². The number of unbranched alkanes of at least 4 members (excludes halogenated alkanes) is 5. The van der Waals surface area contributed by atoms with Crippen molar-refractivity contribution in [1.29, 1.82) is 0 Å². The minimum absolute atomic E-state index is 0. The van der Waals surface area contributed by atoms with Crippen LogP contribution in [0.4, 0.5) is 0 Å². The first kappa shape index (κ1) is 35.9. The SMILES string of the molecule is O=C([O-])CC(C(=O)[O-])S(=O)(=O)O.[CH2-]CCCCCCC.[Na+].[Na+].[Na+]. The van der Waals surface area contributed by atoms with Crippen LogP contribution < -0.4 is 98.9 Å². The zero-order valence-corrected chi connectivity index (χ0v) is 21.4. The van der Waals surface area contributed by atoms with Gasteiger partial charge in [0, 0.05) is 12.4 Å². The fourth-order valence-corrected chi connectivity index (χ4v) is 1.83. The number of hydrogen-bond donors (Lipinski definition) is 1. The van der Waals surface area contributed by atoms with Crippen molar-refractivity contribution in [3.8, 4) is 0 Å². The Morgan fingerprint density at radius 3 is 1.70 bits per heavy atom. The summed E-state index contributed by atoms with van der Waals surface area (Å²) in [4.78, 5) is 19.7. The molecule has 11 heteroatoms. The summed E-state index contributed by atoms with van der Waals surface area (Å²) in [7, 11) is -4.94. The molecular weight excluding hydrogens is 357 g/mol. The Hall–Kier alpha value is 1.85. The summed E-state index contributed by atoms with van der Waals surface area (Å²) in [5, 5.41) is 17.3. The van der Waals surface area contributed by atoms with E-state index in [0.717, 1.165) is 6.42 Å². The van der Waals surface area contributed by atoms with Gasteiger partial charge in [0.15, 0.2) is 0 Å². The van der Waals surface area contributed by atoms with Crippen molar-refractivity contribution in [3.63, 3.8) is 0 Å². The largest absolute Gasteiger partial charge is 1.00 e. The van der Waals surface area contributed by atoms with Gasteiger partial charge in [-0.3, -0.25) is 4.55 Å². The van der Waals surface area contributed by atoms with Crippen molar-refractivity contribution in [2.75, 3.05) is 0 Å². The van der Waals surface area contributed by atoms with Gasteiger partial charge in [-0.05, 0) is 0 Å². The van der Waals surface area contributed by atoms with E-state index in [0.29, 0.717) is 0 Å². The Balaban J connectivity index is -0.0000000880. The monoisotopic (exact) mass is 378 g/mol. The third-order valence-corrected chi connectivity index (χ3v) is 3.41. The molecule has 1 unspecified atom stereocenters. The molecule has 0 heterocycles. The van der Waals surface area contributed by atoms with Crippen LogP contribution in [0.2, 0.25) is 0 Å². The first-order valence-corrected chi connectivity index (χ1v) is 7.83. The van der Waals surface area contributed by atoms with Gasteiger partial charge in [0.2, 0.25) is 0 Å². The number of carbonyl (C=O) groups is 2. The number of rotatable bonds is 9. The molecule has 0 aliphatic heterocycles. The topological polar surface area (TPSA) is 135 Å². The van der Waals surface area contributed by atoms with Crippen LogP contribution in [0.15, 0.2) is 0 Å². The van der Waals surface area contributed by atoms with Gasteiger partial charge in [0.05, 0.1) is 5.97 Å². The summed E-state index contributed by atoms with van der Waals surface area (Å²) >= 11 is 0. The molecule has 0 fully saturated rings. The maximum Gasteiger partial charge on any atom is 1.00 e. The Morgan fingerprint density at radius 1 is 1.04 bits per heavy atom. The Morgan fingerprint density at radius 2 is 1.48 bits per heavy atom. The second-order valence-electron chi connectivity index (χ2n) is 4.17. The number of carboxylic acids is 2. The standard InChI is InChI=1S/C8H17.C4H6O7S.3Na/c1-3-5-7-8-6-4-2;5-3(6)1-2(4(7)8)12(9,10)11;;;/h1,3-8H2,2H3;2H,1H2,(H,5,6)(H,7,8)(H,9,10,11);;;/q-1;;3*+1/p-2. The van der Waals surface area contributed by atoms with Gasteiger partial charge in [-0.1, -0.05) is 39.0 Å². The van der Waals surface area contributed by atoms with E-state index >= 15 is 0 Å². The molecule has 0 rings (SSSR count). The molecular formula is C12H21Na3O7S. The van der Waals surface area contributed by atoms with Crippen molar-refractivity contribution in [2.24, 2.45) is 0 Å². The van der Waals surface area contributed by atoms with Crippen molar-refractivity contribution in [3.05, 3.63) is 6.92 Å². The zero-order valence-electron chi connectivity index (χ0n) is 14.5. The summed E-state index contributed by atoms with van der Waals surface area (Å²) in [5.41, 5.74) is 0. The van der Waals surface area contributed by atoms with Crippen LogP contribution in [0.3, 0.4) is 0 Å². The third-order valence-electron chi connectivity index (χ3n) is 2.33. The van der Waals surface area contributed by atoms with Crippen LogP contribution in [0.5, 0.6) is 0 Å². The summed E-state index contributed by atoms with van der Waals surface area (Å²) < 4.78 is 28.5.